The highest BCUT2D eigenvalue weighted by atomic mass is 79.9. The number of halogens is 2. The minimum Gasteiger partial charge on any atom is -0.436 e. The van der Waals surface area contributed by atoms with E-state index in [9.17, 15) is 4.39 Å². The monoisotopic (exact) mass is 305 g/mol. The van der Waals surface area contributed by atoms with E-state index in [1.807, 2.05) is 19.1 Å². The van der Waals surface area contributed by atoms with E-state index < -0.39 is 0 Å². The van der Waals surface area contributed by atoms with Crippen LogP contribution in [0.2, 0.25) is 0 Å². The minimum absolute atomic E-state index is 0.270. The Kier molecular flexibility index (Phi) is 2.67. The Labute approximate surface area is 112 Å². The van der Waals surface area contributed by atoms with Crippen molar-refractivity contribution in [1.82, 2.24) is 4.98 Å². The minimum atomic E-state index is -0.270. The third kappa shape index (κ3) is 1.93. The summed E-state index contributed by atoms with van der Waals surface area (Å²) in [6.07, 6.45) is 0. The molecule has 0 aliphatic carbocycles. The van der Waals surface area contributed by atoms with Crippen LogP contribution in [0.1, 0.15) is 5.56 Å². The molecular weight excluding hydrogens is 297 g/mol. The van der Waals surface area contributed by atoms with Gasteiger partial charge in [-0.25, -0.2) is 9.37 Å². The fourth-order valence-electron chi connectivity index (χ4n) is 1.77. The van der Waals surface area contributed by atoms with Crippen molar-refractivity contribution in [1.29, 1.82) is 0 Å². The van der Waals surface area contributed by atoms with Crippen molar-refractivity contribution in [3.05, 3.63) is 52.3 Å². The molecule has 90 valence electrons. The van der Waals surface area contributed by atoms with Crippen molar-refractivity contribution in [2.45, 2.75) is 6.92 Å². The number of benzene rings is 2. The van der Waals surface area contributed by atoms with Gasteiger partial charge in [-0.3, -0.25) is 0 Å². The summed E-state index contributed by atoms with van der Waals surface area (Å²) >= 11 is 3.45. The fraction of sp³-hybridized carbons (Fsp3) is 0.0714. The summed E-state index contributed by atoms with van der Waals surface area (Å²) in [7, 11) is 0. The Hall–Kier alpha value is -1.68. The zero-order valence-corrected chi connectivity index (χ0v) is 11.2. The molecule has 3 aromatic rings. The largest absolute Gasteiger partial charge is 0.436 e. The molecule has 2 nitrogen and oxygen atoms in total. The van der Waals surface area contributed by atoms with E-state index in [1.165, 1.54) is 12.1 Å². The maximum atomic E-state index is 12.9. The molecule has 0 unspecified atom stereocenters. The molecule has 1 aromatic heterocycles. The van der Waals surface area contributed by atoms with Gasteiger partial charge < -0.3 is 4.42 Å². The molecule has 3 rings (SSSR count). The molecule has 0 spiro atoms. The molecule has 0 saturated carbocycles. The lowest BCUT2D eigenvalue weighted by molar-refractivity contribution is 0.616. The van der Waals surface area contributed by atoms with Crippen LogP contribution in [0.3, 0.4) is 0 Å². The Morgan fingerprint density at radius 3 is 2.61 bits per heavy atom. The highest BCUT2D eigenvalue weighted by molar-refractivity contribution is 9.10. The molecular formula is C14H9BrFNO. The number of rotatable bonds is 1. The third-order valence-corrected chi connectivity index (χ3v) is 3.61. The van der Waals surface area contributed by atoms with Crippen LogP contribution in [0.15, 0.2) is 45.3 Å². The van der Waals surface area contributed by atoms with Crippen LogP contribution in [-0.2, 0) is 0 Å². The molecule has 0 saturated heterocycles. The first-order valence-corrected chi connectivity index (χ1v) is 6.25. The first-order valence-electron chi connectivity index (χ1n) is 5.46. The molecule has 0 amide bonds. The number of aryl methyl sites for hydroxylation is 1. The molecule has 0 fully saturated rings. The van der Waals surface area contributed by atoms with Crippen molar-refractivity contribution in [3.8, 4) is 11.5 Å². The van der Waals surface area contributed by atoms with E-state index in [-0.39, 0.29) is 5.82 Å². The summed E-state index contributed by atoms with van der Waals surface area (Å²) in [5, 5.41) is 0. The van der Waals surface area contributed by atoms with Crippen LogP contribution in [0.5, 0.6) is 0 Å². The number of hydrogen-bond acceptors (Lipinski definition) is 2. The second kappa shape index (κ2) is 4.21. The predicted octanol–water partition coefficient (Wildman–Crippen LogP) is 4.70. The lowest BCUT2D eigenvalue weighted by Gasteiger charge is -1.94. The number of fused-ring (bicyclic) bond motifs is 1. The van der Waals surface area contributed by atoms with Gasteiger partial charge >= 0.3 is 0 Å². The number of nitrogens with zero attached hydrogens (tertiary/aromatic N) is 1. The fourth-order valence-corrected chi connectivity index (χ4v) is 2.09. The van der Waals surface area contributed by atoms with Gasteiger partial charge in [0.05, 0.1) is 0 Å². The van der Waals surface area contributed by atoms with E-state index >= 15 is 0 Å². The lowest BCUT2D eigenvalue weighted by Crippen LogP contribution is -1.78. The standard InChI is InChI=1S/C14H9BrFNO/c1-8-6-12-13(7-11(8)15)18-14(17-12)9-2-4-10(16)5-3-9/h2-7H,1H3. The lowest BCUT2D eigenvalue weighted by atomic mass is 10.2. The maximum absolute atomic E-state index is 12.9. The average Bonchev–Trinajstić information content (AvgIpc) is 2.73. The highest BCUT2D eigenvalue weighted by Crippen LogP contribution is 2.28. The summed E-state index contributed by atoms with van der Waals surface area (Å²) in [6.45, 7) is 2.00. The summed E-state index contributed by atoms with van der Waals surface area (Å²) < 4.78 is 19.5. The van der Waals surface area contributed by atoms with E-state index in [2.05, 4.69) is 20.9 Å². The summed E-state index contributed by atoms with van der Waals surface area (Å²) in [4.78, 5) is 4.40. The average molecular weight is 306 g/mol. The Balaban J connectivity index is 2.16. The molecule has 4 heteroatoms. The summed E-state index contributed by atoms with van der Waals surface area (Å²) in [5.41, 5.74) is 3.38. The Morgan fingerprint density at radius 1 is 1.17 bits per heavy atom. The first-order chi connectivity index (χ1) is 8.63. The first kappa shape index (κ1) is 11.4. The van der Waals surface area contributed by atoms with Gasteiger partial charge in [-0.2, -0.15) is 0 Å². The third-order valence-electron chi connectivity index (χ3n) is 2.76. The number of hydrogen-bond donors (Lipinski definition) is 0. The van der Waals surface area contributed by atoms with Crippen LogP contribution in [0, 0.1) is 12.7 Å². The van der Waals surface area contributed by atoms with Gasteiger partial charge in [-0.15, -0.1) is 0 Å². The molecule has 0 bridgehead atoms. The number of oxazole rings is 1. The highest BCUT2D eigenvalue weighted by Gasteiger charge is 2.09. The second-order valence-electron chi connectivity index (χ2n) is 4.10. The van der Waals surface area contributed by atoms with Crippen LogP contribution in [0.25, 0.3) is 22.6 Å². The van der Waals surface area contributed by atoms with Gasteiger partial charge in [0.15, 0.2) is 5.58 Å². The molecule has 0 aliphatic rings. The van der Waals surface area contributed by atoms with Gasteiger partial charge in [0, 0.05) is 10.0 Å². The van der Waals surface area contributed by atoms with E-state index in [0.717, 1.165) is 21.1 Å². The van der Waals surface area contributed by atoms with Crippen molar-refractivity contribution in [2.75, 3.05) is 0 Å². The molecule has 0 radical (unpaired) electrons. The van der Waals surface area contributed by atoms with E-state index in [4.69, 9.17) is 4.42 Å². The normalized spacial score (nSPS) is 11.1. The van der Waals surface area contributed by atoms with Gasteiger partial charge in [0.1, 0.15) is 11.3 Å². The van der Waals surface area contributed by atoms with Crippen molar-refractivity contribution < 1.29 is 8.81 Å². The van der Waals surface area contributed by atoms with Gasteiger partial charge in [0.2, 0.25) is 5.89 Å². The SMILES string of the molecule is Cc1cc2nc(-c3ccc(F)cc3)oc2cc1Br. The van der Waals surface area contributed by atoms with Crippen LogP contribution in [0.4, 0.5) is 4.39 Å². The van der Waals surface area contributed by atoms with Gasteiger partial charge in [-0.1, -0.05) is 15.9 Å². The smallest absolute Gasteiger partial charge is 0.227 e. The topological polar surface area (TPSA) is 26.0 Å². The van der Waals surface area contributed by atoms with Crippen molar-refractivity contribution in [2.24, 2.45) is 0 Å². The molecule has 2 aromatic carbocycles. The summed E-state index contributed by atoms with van der Waals surface area (Å²) in [6, 6.07) is 9.95. The molecule has 1 heterocycles. The van der Waals surface area contributed by atoms with Crippen LogP contribution < -0.4 is 0 Å². The number of aromatic nitrogens is 1. The maximum Gasteiger partial charge on any atom is 0.227 e. The van der Waals surface area contributed by atoms with Crippen molar-refractivity contribution in [3.63, 3.8) is 0 Å². The van der Waals surface area contributed by atoms with Gasteiger partial charge in [-0.05, 0) is 48.9 Å². The Bertz CT molecular complexity index is 679. The molecule has 18 heavy (non-hydrogen) atoms. The van der Waals surface area contributed by atoms with Crippen LogP contribution >= 0.6 is 15.9 Å². The van der Waals surface area contributed by atoms with Crippen LogP contribution in [-0.4, -0.2) is 4.98 Å². The Morgan fingerprint density at radius 2 is 1.89 bits per heavy atom. The second-order valence-corrected chi connectivity index (χ2v) is 4.95. The molecule has 0 N–H and O–H groups in total. The zero-order valence-electron chi connectivity index (χ0n) is 9.58. The van der Waals surface area contributed by atoms with Crippen molar-refractivity contribution >= 4 is 27.0 Å². The quantitative estimate of drug-likeness (QED) is 0.651. The predicted molar refractivity (Wildman–Crippen MR) is 71.8 cm³/mol. The zero-order chi connectivity index (χ0) is 12.7. The summed E-state index contributed by atoms with van der Waals surface area (Å²) in [5.74, 6) is 0.232. The van der Waals surface area contributed by atoms with E-state index in [1.54, 1.807) is 12.1 Å². The molecule has 0 atom stereocenters. The molecule has 0 aliphatic heterocycles. The van der Waals surface area contributed by atoms with Gasteiger partial charge in [0.25, 0.3) is 0 Å². The van der Waals surface area contributed by atoms with E-state index in [0.29, 0.717) is 11.5 Å².